The molecule has 1 N–H and O–H groups in total. The fourth-order valence-electron chi connectivity index (χ4n) is 1.56. The molecule has 5 heteroatoms. The SMILES string of the molecule is O=C(Nc1cc(-c2ccncc2)no1)C1CC1. The zero-order valence-electron chi connectivity index (χ0n) is 9.09. The fourth-order valence-corrected chi connectivity index (χ4v) is 1.56. The molecule has 1 aliphatic rings. The van der Waals surface area contributed by atoms with Gasteiger partial charge < -0.3 is 4.52 Å². The predicted octanol–water partition coefficient (Wildman–Crippen LogP) is 2.09. The molecule has 0 spiro atoms. The van der Waals surface area contributed by atoms with Crippen molar-refractivity contribution < 1.29 is 9.32 Å². The van der Waals surface area contributed by atoms with Gasteiger partial charge in [0.15, 0.2) is 0 Å². The number of carbonyl (C=O) groups excluding carboxylic acids is 1. The quantitative estimate of drug-likeness (QED) is 0.874. The Morgan fingerprint density at radius 2 is 2.12 bits per heavy atom. The van der Waals surface area contributed by atoms with Gasteiger partial charge in [-0.1, -0.05) is 5.16 Å². The van der Waals surface area contributed by atoms with Crippen LogP contribution in [-0.2, 0) is 4.79 Å². The summed E-state index contributed by atoms with van der Waals surface area (Å²) in [4.78, 5) is 15.4. The van der Waals surface area contributed by atoms with Crippen molar-refractivity contribution in [3.8, 4) is 11.3 Å². The average Bonchev–Trinajstić information content (AvgIpc) is 3.12. The van der Waals surface area contributed by atoms with E-state index in [1.807, 2.05) is 12.1 Å². The highest BCUT2D eigenvalue weighted by Crippen LogP contribution is 2.30. The Labute approximate surface area is 97.8 Å². The molecule has 0 aromatic carbocycles. The minimum atomic E-state index is 0.0161. The molecule has 0 radical (unpaired) electrons. The van der Waals surface area contributed by atoms with Gasteiger partial charge in [0.2, 0.25) is 11.8 Å². The van der Waals surface area contributed by atoms with Crippen molar-refractivity contribution in [1.29, 1.82) is 0 Å². The van der Waals surface area contributed by atoms with Crippen LogP contribution in [0.4, 0.5) is 5.88 Å². The van der Waals surface area contributed by atoms with Crippen LogP contribution in [0.1, 0.15) is 12.8 Å². The van der Waals surface area contributed by atoms with E-state index in [4.69, 9.17) is 4.52 Å². The van der Waals surface area contributed by atoms with Crippen molar-refractivity contribution in [2.45, 2.75) is 12.8 Å². The molecule has 17 heavy (non-hydrogen) atoms. The van der Waals surface area contributed by atoms with Crippen LogP contribution in [0.2, 0.25) is 0 Å². The molecular formula is C12H11N3O2. The molecule has 0 unspecified atom stereocenters. The van der Waals surface area contributed by atoms with Crippen molar-refractivity contribution in [3.63, 3.8) is 0 Å². The normalized spacial score (nSPS) is 14.6. The van der Waals surface area contributed by atoms with Crippen molar-refractivity contribution in [2.24, 2.45) is 5.92 Å². The monoisotopic (exact) mass is 229 g/mol. The van der Waals surface area contributed by atoms with E-state index in [1.165, 1.54) is 0 Å². The standard InChI is InChI=1S/C12H11N3O2/c16-12(9-1-2-9)14-11-7-10(15-17-11)8-3-5-13-6-4-8/h3-7,9H,1-2H2,(H,14,16). The minimum absolute atomic E-state index is 0.0161. The summed E-state index contributed by atoms with van der Waals surface area (Å²) in [5.41, 5.74) is 1.61. The van der Waals surface area contributed by atoms with Crippen molar-refractivity contribution in [3.05, 3.63) is 30.6 Å². The van der Waals surface area contributed by atoms with Crippen molar-refractivity contribution in [1.82, 2.24) is 10.1 Å². The van der Waals surface area contributed by atoms with Crippen molar-refractivity contribution in [2.75, 3.05) is 5.32 Å². The van der Waals surface area contributed by atoms with E-state index in [0.29, 0.717) is 11.6 Å². The Morgan fingerprint density at radius 1 is 1.35 bits per heavy atom. The van der Waals surface area contributed by atoms with E-state index < -0.39 is 0 Å². The van der Waals surface area contributed by atoms with Gasteiger partial charge in [-0.25, -0.2) is 0 Å². The van der Waals surface area contributed by atoms with Gasteiger partial charge in [-0.15, -0.1) is 0 Å². The summed E-state index contributed by atoms with van der Waals surface area (Å²) >= 11 is 0. The number of nitrogens with zero attached hydrogens (tertiary/aromatic N) is 2. The number of hydrogen-bond donors (Lipinski definition) is 1. The van der Waals surface area contributed by atoms with E-state index in [1.54, 1.807) is 18.5 Å². The van der Waals surface area contributed by atoms with Gasteiger partial charge >= 0.3 is 0 Å². The number of anilines is 1. The molecule has 2 aromatic rings. The van der Waals surface area contributed by atoms with Gasteiger partial charge in [0.1, 0.15) is 5.69 Å². The van der Waals surface area contributed by atoms with E-state index in [-0.39, 0.29) is 11.8 Å². The van der Waals surface area contributed by atoms with Crippen LogP contribution < -0.4 is 5.32 Å². The summed E-state index contributed by atoms with van der Waals surface area (Å²) in [6, 6.07) is 5.39. The Morgan fingerprint density at radius 3 is 2.82 bits per heavy atom. The Balaban J connectivity index is 1.76. The summed E-state index contributed by atoms with van der Waals surface area (Å²) in [7, 11) is 0. The molecule has 1 aliphatic carbocycles. The Hall–Kier alpha value is -2.17. The van der Waals surface area contributed by atoms with Gasteiger partial charge in [0.05, 0.1) is 0 Å². The Bertz CT molecular complexity index is 532. The molecule has 0 aliphatic heterocycles. The van der Waals surface area contributed by atoms with Crippen LogP contribution in [0.15, 0.2) is 35.1 Å². The lowest BCUT2D eigenvalue weighted by atomic mass is 10.2. The lowest BCUT2D eigenvalue weighted by Crippen LogP contribution is -2.12. The lowest BCUT2D eigenvalue weighted by Gasteiger charge is -1.96. The summed E-state index contributed by atoms with van der Waals surface area (Å²) in [5, 5.41) is 6.61. The van der Waals surface area contributed by atoms with E-state index >= 15 is 0 Å². The second-order valence-corrected chi connectivity index (χ2v) is 4.08. The van der Waals surface area contributed by atoms with Crippen LogP contribution >= 0.6 is 0 Å². The van der Waals surface area contributed by atoms with Gasteiger partial charge in [0, 0.05) is 29.9 Å². The molecule has 0 atom stereocenters. The summed E-state index contributed by atoms with van der Waals surface area (Å²) in [6.45, 7) is 0. The first-order valence-corrected chi connectivity index (χ1v) is 5.51. The highest BCUT2D eigenvalue weighted by Gasteiger charge is 2.30. The maximum Gasteiger partial charge on any atom is 0.231 e. The van der Waals surface area contributed by atoms with Gasteiger partial charge in [0.25, 0.3) is 0 Å². The topological polar surface area (TPSA) is 68.0 Å². The molecule has 1 fully saturated rings. The zero-order valence-corrected chi connectivity index (χ0v) is 9.09. The summed E-state index contributed by atoms with van der Waals surface area (Å²) in [6.07, 6.45) is 5.31. The molecule has 0 bridgehead atoms. The van der Waals surface area contributed by atoms with Crippen LogP contribution in [0, 0.1) is 5.92 Å². The molecule has 1 saturated carbocycles. The maximum absolute atomic E-state index is 11.5. The molecule has 1 amide bonds. The minimum Gasteiger partial charge on any atom is -0.338 e. The first-order valence-electron chi connectivity index (χ1n) is 5.51. The van der Waals surface area contributed by atoms with Gasteiger partial charge in [-0.05, 0) is 25.0 Å². The number of pyridine rings is 1. The third kappa shape index (κ3) is 2.18. The van der Waals surface area contributed by atoms with Crippen LogP contribution in [0.25, 0.3) is 11.3 Å². The highest BCUT2D eigenvalue weighted by atomic mass is 16.5. The number of aromatic nitrogens is 2. The smallest absolute Gasteiger partial charge is 0.231 e. The molecule has 5 nitrogen and oxygen atoms in total. The first-order chi connectivity index (χ1) is 8.33. The molecule has 2 aromatic heterocycles. The number of hydrogen-bond acceptors (Lipinski definition) is 4. The predicted molar refractivity (Wildman–Crippen MR) is 61.1 cm³/mol. The van der Waals surface area contributed by atoms with Crippen LogP contribution in [0.5, 0.6) is 0 Å². The number of amides is 1. The first kappa shape index (κ1) is 10.0. The second kappa shape index (κ2) is 4.01. The molecule has 86 valence electrons. The highest BCUT2D eigenvalue weighted by molar-refractivity contribution is 5.93. The molecule has 0 saturated heterocycles. The van der Waals surface area contributed by atoms with Crippen LogP contribution in [-0.4, -0.2) is 16.0 Å². The largest absolute Gasteiger partial charge is 0.338 e. The average molecular weight is 229 g/mol. The summed E-state index contributed by atoms with van der Waals surface area (Å²) in [5.74, 6) is 0.570. The lowest BCUT2D eigenvalue weighted by molar-refractivity contribution is -0.117. The number of nitrogens with one attached hydrogen (secondary N) is 1. The Kier molecular flexibility index (Phi) is 2.36. The summed E-state index contributed by atoms with van der Waals surface area (Å²) < 4.78 is 5.07. The van der Waals surface area contributed by atoms with E-state index in [2.05, 4.69) is 15.5 Å². The van der Waals surface area contributed by atoms with Gasteiger partial charge in [-0.2, -0.15) is 0 Å². The molecule has 2 heterocycles. The third-order valence-electron chi connectivity index (χ3n) is 2.68. The maximum atomic E-state index is 11.5. The van der Waals surface area contributed by atoms with Crippen LogP contribution in [0.3, 0.4) is 0 Å². The number of carbonyl (C=O) groups is 1. The van der Waals surface area contributed by atoms with Crippen molar-refractivity contribution >= 4 is 11.8 Å². The van der Waals surface area contributed by atoms with Gasteiger partial charge in [-0.3, -0.25) is 15.1 Å². The van der Waals surface area contributed by atoms with E-state index in [0.717, 1.165) is 18.4 Å². The molecule has 3 rings (SSSR count). The second-order valence-electron chi connectivity index (χ2n) is 4.08. The number of rotatable bonds is 3. The van der Waals surface area contributed by atoms with E-state index in [9.17, 15) is 4.79 Å². The fraction of sp³-hybridized carbons (Fsp3) is 0.250. The molecular weight excluding hydrogens is 218 g/mol. The zero-order chi connectivity index (χ0) is 11.7. The third-order valence-corrected chi connectivity index (χ3v) is 2.68.